The number of hydrogen-bond acceptors (Lipinski definition) is 2. The van der Waals surface area contributed by atoms with Crippen LogP contribution in [0.2, 0.25) is 0 Å². The van der Waals surface area contributed by atoms with Crippen LogP contribution in [-0.2, 0) is 0 Å². The number of aromatic nitrogens is 2. The SMILES string of the molecule is Brc1cn(Sc2ccccc2)c2cnccc12. The molecular weight excluding hydrogens is 296 g/mol. The molecule has 0 radical (unpaired) electrons. The van der Waals surface area contributed by atoms with Crippen molar-refractivity contribution in [3.8, 4) is 0 Å². The molecule has 0 aliphatic rings. The van der Waals surface area contributed by atoms with Crippen LogP contribution in [-0.4, -0.2) is 8.96 Å². The molecule has 2 aromatic heterocycles. The smallest absolute Gasteiger partial charge is 0.0789 e. The Kier molecular flexibility index (Phi) is 2.91. The summed E-state index contributed by atoms with van der Waals surface area (Å²) in [5.74, 6) is 0. The summed E-state index contributed by atoms with van der Waals surface area (Å²) >= 11 is 5.25. The van der Waals surface area contributed by atoms with E-state index in [2.05, 4.69) is 43.2 Å². The van der Waals surface area contributed by atoms with E-state index in [-0.39, 0.29) is 0 Å². The second-order valence-electron chi connectivity index (χ2n) is 3.60. The number of pyridine rings is 1. The summed E-state index contributed by atoms with van der Waals surface area (Å²) in [5, 5.41) is 1.18. The second kappa shape index (κ2) is 4.55. The van der Waals surface area contributed by atoms with E-state index in [4.69, 9.17) is 0 Å². The van der Waals surface area contributed by atoms with Crippen molar-refractivity contribution >= 4 is 38.8 Å². The Bertz CT molecular complexity index is 649. The summed E-state index contributed by atoms with van der Waals surface area (Å²) in [6.45, 7) is 0. The molecule has 3 aromatic rings. The molecule has 0 spiro atoms. The first kappa shape index (κ1) is 10.9. The largest absolute Gasteiger partial charge is 0.284 e. The van der Waals surface area contributed by atoms with Gasteiger partial charge in [-0.15, -0.1) is 0 Å². The third kappa shape index (κ3) is 2.10. The normalized spacial score (nSPS) is 10.9. The van der Waals surface area contributed by atoms with E-state index in [1.807, 2.05) is 36.7 Å². The lowest BCUT2D eigenvalue weighted by Gasteiger charge is -2.03. The zero-order chi connectivity index (χ0) is 11.7. The van der Waals surface area contributed by atoms with E-state index in [1.54, 1.807) is 11.9 Å². The number of benzene rings is 1. The molecular formula is C13H9BrN2S. The highest BCUT2D eigenvalue weighted by molar-refractivity contribution is 9.10. The van der Waals surface area contributed by atoms with Gasteiger partial charge in [-0.25, -0.2) is 0 Å². The van der Waals surface area contributed by atoms with Crippen LogP contribution in [0.3, 0.4) is 0 Å². The fourth-order valence-electron chi connectivity index (χ4n) is 1.68. The lowest BCUT2D eigenvalue weighted by Crippen LogP contribution is -1.84. The number of halogens is 1. The van der Waals surface area contributed by atoms with E-state index < -0.39 is 0 Å². The maximum Gasteiger partial charge on any atom is 0.0789 e. The van der Waals surface area contributed by atoms with E-state index in [9.17, 15) is 0 Å². The van der Waals surface area contributed by atoms with Crippen molar-refractivity contribution in [1.29, 1.82) is 0 Å². The van der Waals surface area contributed by atoms with Crippen LogP contribution in [0.1, 0.15) is 0 Å². The molecule has 0 aliphatic carbocycles. The zero-order valence-electron chi connectivity index (χ0n) is 8.88. The van der Waals surface area contributed by atoms with Gasteiger partial charge in [-0.1, -0.05) is 18.2 Å². The van der Waals surface area contributed by atoms with E-state index in [0.29, 0.717) is 0 Å². The van der Waals surface area contributed by atoms with Crippen molar-refractivity contribution < 1.29 is 0 Å². The number of nitrogens with zero attached hydrogens (tertiary/aromatic N) is 2. The Morgan fingerprint density at radius 1 is 1.12 bits per heavy atom. The van der Waals surface area contributed by atoms with Gasteiger partial charge in [0.05, 0.1) is 11.7 Å². The van der Waals surface area contributed by atoms with Crippen molar-refractivity contribution in [3.05, 3.63) is 59.5 Å². The first-order valence-electron chi connectivity index (χ1n) is 5.18. The lowest BCUT2D eigenvalue weighted by atomic mass is 10.3. The molecule has 0 unspecified atom stereocenters. The van der Waals surface area contributed by atoms with Crippen molar-refractivity contribution in [3.63, 3.8) is 0 Å². The van der Waals surface area contributed by atoms with Gasteiger partial charge in [-0.05, 0) is 46.1 Å². The summed E-state index contributed by atoms with van der Waals surface area (Å²) in [6, 6.07) is 12.3. The highest BCUT2D eigenvalue weighted by Gasteiger charge is 2.07. The minimum absolute atomic E-state index is 1.10. The molecule has 2 nitrogen and oxygen atoms in total. The number of rotatable bonds is 2. The summed E-state index contributed by atoms with van der Waals surface area (Å²) in [6.07, 6.45) is 5.77. The summed E-state index contributed by atoms with van der Waals surface area (Å²) < 4.78 is 3.22. The van der Waals surface area contributed by atoms with Crippen molar-refractivity contribution in [2.24, 2.45) is 0 Å². The molecule has 0 saturated heterocycles. The van der Waals surface area contributed by atoms with Gasteiger partial charge >= 0.3 is 0 Å². The molecule has 0 saturated carbocycles. The Balaban J connectivity index is 2.07. The molecule has 1 aromatic carbocycles. The van der Waals surface area contributed by atoms with Crippen LogP contribution in [0.4, 0.5) is 0 Å². The Morgan fingerprint density at radius 2 is 1.94 bits per heavy atom. The molecule has 0 bridgehead atoms. The fraction of sp³-hybridized carbons (Fsp3) is 0. The van der Waals surface area contributed by atoms with Gasteiger partial charge in [0.2, 0.25) is 0 Å². The van der Waals surface area contributed by atoms with Gasteiger partial charge in [0.25, 0.3) is 0 Å². The monoisotopic (exact) mass is 304 g/mol. The minimum Gasteiger partial charge on any atom is -0.284 e. The van der Waals surface area contributed by atoms with Crippen molar-refractivity contribution in [1.82, 2.24) is 8.96 Å². The average molecular weight is 305 g/mol. The van der Waals surface area contributed by atoms with Gasteiger partial charge in [0, 0.05) is 27.1 Å². The minimum atomic E-state index is 1.10. The number of hydrogen-bond donors (Lipinski definition) is 0. The lowest BCUT2D eigenvalue weighted by molar-refractivity contribution is 1.28. The fourth-order valence-corrected chi connectivity index (χ4v) is 3.26. The van der Waals surface area contributed by atoms with E-state index >= 15 is 0 Å². The molecule has 2 heterocycles. The Labute approximate surface area is 112 Å². The predicted molar refractivity (Wildman–Crippen MR) is 75.1 cm³/mol. The van der Waals surface area contributed by atoms with Crippen molar-refractivity contribution in [2.45, 2.75) is 4.90 Å². The van der Waals surface area contributed by atoms with Crippen LogP contribution in [0.15, 0.2) is 64.4 Å². The highest BCUT2D eigenvalue weighted by Crippen LogP contribution is 2.31. The summed E-state index contributed by atoms with van der Waals surface area (Å²) in [7, 11) is 0. The van der Waals surface area contributed by atoms with E-state index in [1.165, 1.54) is 10.3 Å². The van der Waals surface area contributed by atoms with Gasteiger partial charge in [0.15, 0.2) is 0 Å². The first-order chi connectivity index (χ1) is 8.34. The van der Waals surface area contributed by atoms with Gasteiger partial charge in [-0.3, -0.25) is 8.96 Å². The van der Waals surface area contributed by atoms with Gasteiger partial charge < -0.3 is 0 Å². The summed E-state index contributed by atoms with van der Waals surface area (Å²) in [4.78, 5) is 5.38. The molecule has 0 aliphatic heterocycles. The predicted octanol–water partition coefficient (Wildman–Crippen LogP) is 4.35. The third-order valence-corrected chi connectivity index (χ3v) is 4.09. The molecule has 0 fully saturated rings. The van der Waals surface area contributed by atoms with Gasteiger partial charge in [0.1, 0.15) is 0 Å². The topological polar surface area (TPSA) is 17.8 Å². The molecule has 17 heavy (non-hydrogen) atoms. The molecule has 0 N–H and O–H groups in total. The number of fused-ring (bicyclic) bond motifs is 1. The van der Waals surface area contributed by atoms with Crippen LogP contribution >= 0.6 is 27.9 Å². The first-order valence-corrected chi connectivity index (χ1v) is 6.75. The second-order valence-corrected chi connectivity index (χ2v) is 5.50. The van der Waals surface area contributed by atoms with E-state index in [0.717, 1.165) is 9.99 Å². The van der Waals surface area contributed by atoms with Crippen LogP contribution in [0.5, 0.6) is 0 Å². The highest BCUT2D eigenvalue weighted by atomic mass is 79.9. The standard InChI is InChI=1S/C13H9BrN2S/c14-12-9-16(13-8-15-7-6-11(12)13)17-10-4-2-1-3-5-10/h1-9H. The van der Waals surface area contributed by atoms with Crippen LogP contribution < -0.4 is 0 Å². The average Bonchev–Trinajstić information content (AvgIpc) is 2.69. The maximum atomic E-state index is 4.17. The quantitative estimate of drug-likeness (QED) is 0.700. The molecule has 0 atom stereocenters. The third-order valence-electron chi connectivity index (χ3n) is 2.47. The Morgan fingerprint density at radius 3 is 2.76 bits per heavy atom. The van der Waals surface area contributed by atoms with Crippen molar-refractivity contribution in [2.75, 3.05) is 0 Å². The molecule has 0 amide bonds. The Hall–Kier alpha value is -1.26. The van der Waals surface area contributed by atoms with Crippen LogP contribution in [0, 0.1) is 0 Å². The molecule has 4 heteroatoms. The van der Waals surface area contributed by atoms with Crippen LogP contribution in [0.25, 0.3) is 10.9 Å². The maximum absolute atomic E-state index is 4.17. The zero-order valence-corrected chi connectivity index (χ0v) is 11.3. The van der Waals surface area contributed by atoms with Gasteiger partial charge in [-0.2, -0.15) is 0 Å². The molecule has 84 valence electrons. The molecule has 3 rings (SSSR count). The summed E-state index contributed by atoms with van der Waals surface area (Å²) in [5.41, 5.74) is 1.12.